The number of nitrogens with zero attached hydrogens (tertiary/aromatic N) is 2. The molecule has 0 unspecified atom stereocenters. The van der Waals surface area contributed by atoms with Crippen LogP contribution in [0.4, 0.5) is 0 Å². The van der Waals surface area contributed by atoms with Crippen LogP contribution in [0.3, 0.4) is 0 Å². The van der Waals surface area contributed by atoms with Crippen LogP contribution in [0.2, 0.25) is 0 Å². The number of hydrogen-bond donors (Lipinski definition) is 0. The Morgan fingerprint density at radius 3 is 3.00 bits per heavy atom. The van der Waals surface area contributed by atoms with E-state index in [4.69, 9.17) is 4.74 Å². The fraction of sp³-hybridized carbons (Fsp3) is 0.231. The summed E-state index contributed by atoms with van der Waals surface area (Å²) in [6.07, 6.45) is 0. The van der Waals surface area contributed by atoms with Crippen LogP contribution >= 0.6 is 11.3 Å². The maximum atomic E-state index is 12.0. The van der Waals surface area contributed by atoms with E-state index in [-0.39, 0.29) is 5.91 Å². The number of carbonyl (C=O) groups excluding carboxylic acids is 1. The van der Waals surface area contributed by atoms with E-state index >= 15 is 0 Å². The van der Waals surface area contributed by atoms with Crippen LogP contribution in [0.5, 0.6) is 5.75 Å². The molecule has 0 aliphatic carbocycles. The number of aromatic nitrogens is 1. The fourth-order valence-electron chi connectivity index (χ4n) is 1.63. The van der Waals surface area contributed by atoms with Crippen LogP contribution in [0.25, 0.3) is 0 Å². The summed E-state index contributed by atoms with van der Waals surface area (Å²) >= 11 is 1.42. The van der Waals surface area contributed by atoms with Crippen LogP contribution < -0.4 is 4.74 Å². The number of hydrogen-bond acceptors (Lipinski definition) is 4. The molecule has 0 spiro atoms. The van der Waals surface area contributed by atoms with Gasteiger partial charge in [0.2, 0.25) is 0 Å². The first-order valence-corrected chi connectivity index (χ1v) is 6.41. The smallest absolute Gasteiger partial charge is 0.273 e. The Morgan fingerprint density at radius 1 is 1.50 bits per heavy atom. The third kappa shape index (κ3) is 2.87. The average Bonchev–Trinajstić information content (AvgIpc) is 2.92. The number of ether oxygens (including phenoxy) is 1. The Morgan fingerprint density at radius 2 is 2.33 bits per heavy atom. The molecule has 0 fully saturated rings. The SMILES string of the molecule is COc1cccc(CN(C)C(=O)c2cscn2)c1. The van der Waals surface area contributed by atoms with E-state index in [0.717, 1.165) is 11.3 Å². The van der Waals surface area contributed by atoms with Gasteiger partial charge in [0.25, 0.3) is 5.91 Å². The summed E-state index contributed by atoms with van der Waals surface area (Å²) in [5, 5.41) is 1.75. The lowest BCUT2D eigenvalue weighted by Crippen LogP contribution is -2.26. The summed E-state index contributed by atoms with van der Waals surface area (Å²) in [7, 11) is 3.39. The molecular weight excluding hydrogens is 248 g/mol. The number of benzene rings is 1. The second kappa shape index (κ2) is 5.64. The molecule has 0 atom stereocenters. The minimum atomic E-state index is -0.0703. The first kappa shape index (κ1) is 12.6. The topological polar surface area (TPSA) is 42.4 Å². The number of thiazole rings is 1. The third-order valence-corrected chi connectivity index (χ3v) is 3.14. The number of amides is 1. The van der Waals surface area contributed by atoms with Gasteiger partial charge in [0.05, 0.1) is 12.6 Å². The van der Waals surface area contributed by atoms with E-state index in [9.17, 15) is 4.79 Å². The summed E-state index contributed by atoms with van der Waals surface area (Å²) < 4.78 is 5.16. The highest BCUT2D eigenvalue weighted by molar-refractivity contribution is 7.07. The second-order valence-electron chi connectivity index (χ2n) is 3.89. The average molecular weight is 262 g/mol. The predicted molar refractivity (Wildman–Crippen MR) is 70.9 cm³/mol. The highest BCUT2D eigenvalue weighted by atomic mass is 32.1. The van der Waals surface area contributed by atoms with Gasteiger partial charge in [-0.3, -0.25) is 4.79 Å². The Labute approximate surface area is 110 Å². The van der Waals surface area contributed by atoms with Crippen molar-refractivity contribution in [1.29, 1.82) is 0 Å². The molecule has 5 heteroatoms. The van der Waals surface area contributed by atoms with Crippen molar-refractivity contribution >= 4 is 17.2 Å². The van der Waals surface area contributed by atoms with E-state index in [2.05, 4.69) is 4.98 Å². The van der Waals surface area contributed by atoms with Gasteiger partial charge < -0.3 is 9.64 Å². The maximum absolute atomic E-state index is 12.0. The molecule has 0 bridgehead atoms. The van der Waals surface area contributed by atoms with Gasteiger partial charge in [0.1, 0.15) is 11.4 Å². The highest BCUT2D eigenvalue weighted by Crippen LogP contribution is 2.15. The van der Waals surface area contributed by atoms with Gasteiger partial charge in [-0.1, -0.05) is 12.1 Å². The van der Waals surface area contributed by atoms with Gasteiger partial charge in [-0.05, 0) is 17.7 Å². The summed E-state index contributed by atoms with van der Waals surface area (Å²) in [6, 6.07) is 7.68. The lowest BCUT2D eigenvalue weighted by molar-refractivity contribution is 0.0780. The van der Waals surface area contributed by atoms with Crippen molar-refractivity contribution in [2.75, 3.05) is 14.2 Å². The molecule has 2 rings (SSSR count). The molecule has 18 heavy (non-hydrogen) atoms. The van der Waals surface area contributed by atoms with Crippen LogP contribution in [0, 0.1) is 0 Å². The van der Waals surface area contributed by atoms with Crippen molar-refractivity contribution in [3.8, 4) is 5.75 Å². The van der Waals surface area contributed by atoms with E-state index in [1.165, 1.54) is 11.3 Å². The van der Waals surface area contributed by atoms with Crippen LogP contribution in [0.15, 0.2) is 35.2 Å². The van der Waals surface area contributed by atoms with Gasteiger partial charge in [-0.25, -0.2) is 4.98 Å². The lowest BCUT2D eigenvalue weighted by Gasteiger charge is -2.16. The third-order valence-electron chi connectivity index (χ3n) is 2.55. The van der Waals surface area contributed by atoms with E-state index in [1.54, 1.807) is 29.9 Å². The Balaban J connectivity index is 2.06. The molecule has 1 amide bonds. The van der Waals surface area contributed by atoms with Crippen LogP contribution in [-0.2, 0) is 6.54 Å². The molecule has 0 aliphatic rings. The first-order chi connectivity index (χ1) is 8.70. The second-order valence-corrected chi connectivity index (χ2v) is 4.61. The van der Waals surface area contributed by atoms with Gasteiger partial charge >= 0.3 is 0 Å². The number of methoxy groups -OCH3 is 1. The van der Waals surface area contributed by atoms with Gasteiger partial charge in [0.15, 0.2) is 0 Å². The number of rotatable bonds is 4. The molecule has 4 nitrogen and oxygen atoms in total. The monoisotopic (exact) mass is 262 g/mol. The van der Waals surface area contributed by atoms with Crippen molar-refractivity contribution in [3.05, 3.63) is 46.4 Å². The minimum absolute atomic E-state index is 0.0703. The molecule has 0 N–H and O–H groups in total. The molecule has 94 valence electrons. The number of carbonyl (C=O) groups is 1. The van der Waals surface area contributed by atoms with Crippen molar-refractivity contribution < 1.29 is 9.53 Å². The van der Waals surface area contributed by atoms with E-state index < -0.39 is 0 Å². The molecule has 0 saturated carbocycles. The molecule has 0 aliphatic heterocycles. The molecule has 0 saturated heterocycles. The molecule has 1 heterocycles. The standard InChI is InChI=1S/C13H14N2O2S/c1-15(13(16)12-8-18-9-14-12)7-10-4-3-5-11(6-10)17-2/h3-6,8-9H,7H2,1-2H3. The molecule has 2 aromatic rings. The molecular formula is C13H14N2O2S. The zero-order valence-electron chi connectivity index (χ0n) is 10.3. The quantitative estimate of drug-likeness (QED) is 0.850. The summed E-state index contributed by atoms with van der Waals surface area (Å²) in [6.45, 7) is 0.535. The lowest BCUT2D eigenvalue weighted by atomic mass is 10.2. The minimum Gasteiger partial charge on any atom is -0.497 e. The molecule has 1 aromatic heterocycles. The van der Waals surface area contributed by atoms with E-state index in [1.807, 2.05) is 24.3 Å². The first-order valence-electron chi connectivity index (χ1n) is 5.47. The van der Waals surface area contributed by atoms with Crippen LogP contribution in [0.1, 0.15) is 16.1 Å². The summed E-state index contributed by atoms with van der Waals surface area (Å²) in [5.41, 5.74) is 3.18. The maximum Gasteiger partial charge on any atom is 0.273 e. The largest absolute Gasteiger partial charge is 0.497 e. The summed E-state index contributed by atoms with van der Waals surface area (Å²) in [4.78, 5) is 17.7. The Bertz CT molecular complexity index is 526. The van der Waals surface area contributed by atoms with E-state index in [0.29, 0.717) is 12.2 Å². The highest BCUT2D eigenvalue weighted by Gasteiger charge is 2.13. The molecule has 0 radical (unpaired) electrons. The van der Waals surface area contributed by atoms with Crippen LogP contribution in [-0.4, -0.2) is 29.9 Å². The van der Waals surface area contributed by atoms with Crippen molar-refractivity contribution in [2.45, 2.75) is 6.54 Å². The Hall–Kier alpha value is -1.88. The normalized spacial score (nSPS) is 10.1. The van der Waals surface area contributed by atoms with Crippen molar-refractivity contribution in [3.63, 3.8) is 0 Å². The Kier molecular flexibility index (Phi) is 3.94. The fourth-order valence-corrected chi connectivity index (χ4v) is 2.16. The van der Waals surface area contributed by atoms with Gasteiger partial charge in [0, 0.05) is 19.0 Å². The van der Waals surface area contributed by atoms with Gasteiger partial charge in [-0.2, -0.15) is 0 Å². The summed E-state index contributed by atoms with van der Waals surface area (Å²) in [5.74, 6) is 0.723. The zero-order chi connectivity index (χ0) is 13.0. The molecule has 1 aromatic carbocycles. The van der Waals surface area contributed by atoms with Crippen molar-refractivity contribution in [2.24, 2.45) is 0 Å². The zero-order valence-corrected chi connectivity index (χ0v) is 11.1. The predicted octanol–water partition coefficient (Wildman–Crippen LogP) is 2.42. The van der Waals surface area contributed by atoms with Gasteiger partial charge in [-0.15, -0.1) is 11.3 Å². The van der Waals surface area contributed by atoms with Crippen molar-refractivity contribution in [1.82, 2.24) is 9.88 Å².